The maximum atomic E-state index is 12.8. The van der Waals surface area contributed by atoms with E-state index in [0.29, 0.717) is 6.07 Å². The molecule has 2 aromatic rings. The molecular weight excluding hydrogens is 427 g/mol. The number of amides is 1. The number of halogens is 3. The normalized spacial score (nSPS) is 17.1. The summed E-state index contributed by atoms with van der Waals surface area (Å²) in [5, 5.41) is 51.1. The molecule has 0 saturated heterocycles. The van der Waals surface area contributed by atoms with Crippen LogP contribution in [-0.2, 0) is 17.4 Å². The minimum absolute atomic E-state index is 0.00200. The summed E-state index contributed by atoms with van der Waals surface area (Å²) in [6.07, 6.45) is -12.5. The van der Waals surface area contributed by atoms with Gasteiger partial charge < -0.3 is 35.8 Å². The molecule has 0 saturated carbocycles. The van der Waals surface area contributed by atoms with Gasteiger partial charge in [0, 0.05) is 13.3 Å². The summed E-state index contributed by atoms with van der Waals surface area (Å²) in [4.78, 5) is 29.9. The van der Waals surface area contributed by atoms with Crippen molar-refractivity contribution < 1.29 is 43.5 Å². The van der Waals surface area contributed by atoms with Crippen molar-refractivity contribution in [1.29, 1.82) is 0 Å². The number of benzene rings is 1. The third-order valence-corrected chi connectivity index (χ3v) is 4.58. The first-order valence-electron chi connectivity index (χ1n) is 9.05. The van der Waals surface area contributed by atoms with Gasteiger partial charge in [-0.3, -0.25) is 9.59 Å². The molecule has 10 nitrogen and oxygen atoms in total. The van der Waals surface area contributed by atoms with E-state index in [1.54, 1.807) is 0 Å². The Balaban J connectivity index is 2.33. The monoisotopic (exact) mass is 449 g/mol. The third-order valence-electron chi connectivity index (χ3n) is 4.58. The summed E-state index contributed by atoms with van der Waals surface area (Å²) in [7, 11) is 0. The standard InChI is InChI=1S/C18H22F3N3O7/c1-7(26)22-14(16(30)15(29)13(28)6-25)12(27)5-11-17(31)24-10-4-8(18(19,20)21)2-3-9(10)23-11/h2-4,12-16,25,27-30H,5-6H2,1H3,(H,22,26)(H,24,31)/t12-,13-,14?,15?,16?/m1/s1. The number of aliphatic hydroxyl groups is 5. The molecule has 172 valence electrons. The van der Waals surface area contributed by atoms with Crippen LogP contribution in [0, 0.1) is 0 Å². The number of hydrogen-bond acceptors (Lipinski definition) is 8. The smallest absolute Gasteiger partial charge is 0.394 e. The predicted octanol–water partition coefficient (Wildman–Crippen LogP) is -1.57. The van der Waals surface area contributed by atoms with E-state index in [1.165, 1.54) is 0 Å². The van der Waals surface area contributed by atoms with Gasteiger partial charge in [0.05, 0.1) is 35.3 Å². The number of alkyl halides is 3. The highest BCUT2D eigenvalue weighted by atomic mass is 19.4. The van der Waals surface area contributed by atoms with Crippen LogP contribution in [0.2, 0.25) is 0 Å². The van der Waals surface area contributed by atoms with Crippen molar-refractivity contribution in [2.24, 2.45) is 0 Å². The van der Waals surface area contributed by atoms with Crippen LogP contribution in [0.15, 0.2) is 23.0 Å². The highest BCUT2D eigenvalue weighted by Crippen LogP contribution is 2.30. The quantitative estimate of drug-likeness (QED) is 0.253. The van der Waals surface area contributed by atoms with E-state index in [9.17, 15) is 43.2 Å². The molecule has 2 rings (SSSR count). The molecule has 0 aliphatic rings. The van der Waals surface area contributed by atoms with Gasteiger partial charge in [-0.05, 0) is 18.2 Å². The average molecular weight is 449 g/mol. The van der Waals surface area contributed by atoms with Gasteiger partial charge in [-0.2, -0.15) is 13.2 Å². The first-order valence-corrected chi connectivity index (χ1v) is 9.05. The molecular formula is C18H22F3N3O7. The maximum absolute atomic E-state index is 12.8. The SMILES string of the molecule is CC(=O)NC(C(O)C(O)[C@H](O)CO)[C@H](O)Cc1nc2ccc(C(F)(F)F)cc2[nH]c1=O. The van der Waals surface area contributed by atoms with Gasteiger partial charge in [0.25, 0.3) is 5.56 Å². The summed E-state index contributed by atoms with van der Waals surface area (Å²) in [5.74, 6) is -0.714. The Kier molecular flexibility index (Phi) is 7.72. The number of carbonyl (C=O) groups excluding carboxylic acids is 1. The van der Waals surface area contributed by atoms with Crippen LogP contribution in [0.1, 0.15) is 18.2 Å². The van der Waals surface area contributed by atoms with Crippen molar-refractivity contribution >= 4 is 16.9 Å². The van der Waals surface area contributed by atoms with Gasteiger partial charge in [-0.25, -0.2) is 4.98 Å². The Morgan fingerprint density at radius 2 is 1.81 bits per heavy atom. The van der Waals surface area contributed by atoms with Crippen molar-refractivity contribution in [3.8, 4) is 0 Å². The number of fused-ring (bicyclic) bond motifs is 1. The van der Waals surface area contributed by atoms with Gasteiger partial charge in [0.1, 0.15) is 24.0 Å². The van der Waals surface area contributed by atoms with Crippen LogP contribution < -0.4 is 10.9 Å². The van der Waals surface area contributed by atoms with Crippen molar-refractivity contribution in [3.05, 3.63) is 39.8 Å². The summed E-state index contributed by atoms with van der Waals surface area (Å²) < 4.78 is 38.5. The lowest BCUT2D eigenvalue weighted by Gasteiger charge is -2.32. The highest BCUT2D eigenvalue weighted by molar-refractivity contribution is 5.75. The Morgan fingerprint density at radius 3 is 2.35 bits per heavy atom. The molecule has 1 aromatic heterocycles. The van der Waals surface area contributed by atoms with Crippen LogP contribution in [-0.4, -0.2) is 78.5 Å². The average Bonchev–Trinajstić information content (AvgIpc) is 2.69. The minimum Gasteiger partial charge on any atom is -0.394 e. The zero-order valence-electron chi connectivity index (χ0n) is 16.2. The van der Waals surface area contributed by atoms with Gasteiger partial charge >= 0.3 is 6.18 Å². The number of aliphatic hydroxyl groups excluding tert-OH is 5. The van der Waals surface area contributed by atoms with Crippen LogP contribution in [0.4, 0.5) is 13.2 Å². The molecule has 7 N–H and O–H groups in total. The molecule has 0 bridgehead atoms. The number of aromatic amines is 1. The molecule has 3 unspecified atom stereocenters. The topological polar surface area (TPSA) is 176 Å². The van der Waals surface area contributed by atoms with E-state index in [4.69, 9.17) is 5.11 Å². The fourth-order valence-corrected chi connectivity index (χ4v) is 2.96. The number of hydrogen-bond donors (Lipinski definition) is 7. The Morgan fingerprint density at radius 1 is 1.16 bits per heavy atom. The van der Waals surface area contributed by atoms with E-state index < -0.39 is 66.7 Å². The molecule has 0 aliphatic carbocycles. The van der Waals surface area contributed by atoms with E-state index in [0.717, 1.165) is 19.1 Å². The second-order valence-electron chi connectivity index (χ2n) is 6.97. The molecule has 1 heterocycles. The molecule has 0 radical (unpaired) electrons. The van der Waals surface area contributed by atoms with Crippen molar-refractivity contribution in [3.63, 3.8) is 0 Å². The number of H-pyrrole nitrogens is 1. The van der Waals surface area contributed by atoms with E-state index >= 15 is 0 Å². The highest BCUT2D eigenvalue weighted by Gasteiger charge is 2.36. The van der Waals surface area contributed by atoms with E-state index in [-0.39, 0.29) is 16.7 Å². The minimum atomic E-state index is -4.62. The fraction of sp³-hybridized carbons (Fsp3) is 0.500. The molecule has 1 aromatic carbocycles. The third kappa shape index (κ3) is 5.98. The first kappa shape index (κ1) is 24.7. The van der Waals surface area contributed by atoms with Gasteiger partial charge in [-0.15, -0.1) is 0 Å². The van der Waals surface area contributed by atoms with Crippen LogP contribution in [0.3, 0.4) is 0 Å². The van der Waals surface area contributed by atoms with Crippen LogP contribution in [0.25, 0.3) is 11.0 Å². The summed E-state index contributed by atoms with van der Waals surface area (Å²) in [5.41, 5.74) is -2.38. The van der Waals surface area contributed by atoms with Crippen molar-refractivity contribution in [2.45, 2.75) is 50.0 Å². The lowest BCUT2D eigenvalue weighted by molar-refractivity contribution is -0.137. The summed E-state index contributed by atoms with van der Waals surface area (Å²) >= 11 is 0. The molecule has 1 amide bonds. The van der Waals surface area contributed by atoms with Crippen LogP contribution >= 0.6 is 0 Å². The molecule has 5 atom stereocenters. The van der Waals surface area contributed by atoms with Gasteiger partial charge in [0.15, 0.2) is 0 Å². The van der Waals surface area contributed by atoms with Crippen molar-refractivity contribution in [2.75, 3.05) is 6.61 Å². The summed E-state index contributed by atoms with van der Waals surface area (Å²) in [6, 6.07) is 0.939. The number of rotatable bonds is 8. The van der Waals surface area contributed by atoms with E-state index in [1.807, 2.05) is 0 Å². The van der Waals surface area contributed by atoms with Gasteiger partial charge in [0.2, 0.25) is 5.91 Å². The molecule has 13 heteroatoms. The fourth-order valence-electron chi connectivity index (χ4n) is 2.96. The Hall–Kier alpha value is -2.58. The number of aromatic nitrogens is 2. The van der Waals surface area contributed by atoms with E-state index in [2.05, 4.69) is 15.3 Å². The Bertz CT molecular complexity index is 982. The molecule has 0 fully saturated rings. The molecule has 0 spiro atoms. The van der Waals surface area contributed by atoms with Crippen molar-refractivity contribution in [1.82, 2.24) is 15.3 Å². The Labute approximate surface area is 173 Å². The largest absolute Gasteiger partial charge is 0.416 e. The zero-order valence-corrected chi connectivity index (χ0v) is 16.2. The number of nitrogens with one attached hydrogen (secondary N) is 2. The predicted molar refractivity (Wildman–Crippen MR) is 99.8 cm³/mol. The zero-order chi connectivity index (χ0) is 23.5. The first-order chi connectivity index (χ1) is 14.3. The lowest BCUT2D eigenvalue weighted by atomic mass is 9.94. The van der Waals surface area contributed by atoms with Gasteiger partial charge in [-0.1, -0.05) is 0 Å². The number of carbonyl (C=O) groups is 1. The maximum Gasteiger partial charge on any atom is 0.416 e. The second-order valence-corrected chi connectivity index (χ2v) is 6.97. The number of nitrogens with zero attached hydrogens (tertiary/aromatic N) is 1. The molecule has 31 heavy (non-hydrogen) atoms. The molecule has 0 aliphatic heterocycles. The lowest BCUT2D eigenvalue weighted by Crippen LogP contribution is -2.57. The van der Waals surface area contributed by atoms with Crippen LogP contribution in [0.5, 0.6) is 0 Å². The second kappa shape index (κ2) is 9.70. The summed E-state index contributed by atoms with van der Waals surface area (Å²) in [6.45, 7) is 0.146.